The van der Waals surface area contributed by atoms with E-state index in [-0.39, 0.29) is 24.1 Å². The fourth-order valence-corrected chi connectivity index (χ4v) is 2.77. The number of nitrogens with one attached hydrogen (secondary N) is 1. The van der Waals surface area contributed by atoms with Crippen molar-refractivity contribution in [2.24, 2.45) is 0 Å². The lowest BCUT2D eigenvalue weighted by atomic mass is 10.1. The Labute approximate surface area is 140 Å². The van der Waals surface area contributed by atoms with E-state index in [1.807, 2.05) is 32.0 Å². The molecule has 1 aromatic heterocycles. The van der Waals surface area contributed by atoms with Gasteiger partial charge in [0, 0.05) is 19.3 Å². The Bertz CT molecular complexity index is 784. The third-order valence-electron chi connectivity index (χ3n) is 4.39. The maximum atomic E-state index is 12.7. The lowest BCUT2D eigenvalue weighted by Gasteiger charge is -2.17. The summed E-state index contributed by atoms with van der Waals surface area (Å²) in [7, 11) is 1.55. The van der Waals surface area contributed by atoms with Gasteiger partial charge >= 0.3 is 0 Å². The van der Waals surface area contributed by atoms with E-state index in [0.717, 1.165) is 11.3 Å². The number of carbonyl (C=O) groups excluding carboxylic acids is 2. The zero-order chi connectivity index (χ0) is 17.3. The summed E-state index contributed by atoms with van der Waals surface area (Å²) in [5.41, 5.74) is 3.22. The monoisotopic (exact) mass is 328 g/mol. The molecule has 1 N–H and O–H groups in total. The molecule has 0 bridgehead atoms. The molecule has 126 valence electrons. The zero-order valence-corrected chi connectivity index (χ0v) is 14.0. The first kappa shape index (κ1) is 16.2. The van der Waals surface area contributed by atoms with Gasteiger partial charge in [0.1, 0.15) is 5.92 Å². The SMILES string of the molecule is CNC(=O)Cc1noc(C2CCN(c3ccc(C)c(C)c3)C2=O)n1. The molecule has 1 aliphatic heterocycles. The molecule has 1 fully saturated rings. The van der Waals surface area contributed by atoms with Crippen LogP contribution in [-0.4, -0.2) is 35.5 Å². The van der Waals surface area contributed by atoms with Gasteiger partial charge in [-0.05, 0) is 43.5 Å². The summed E-state index contributed by atoms with van der Waals surface area (Å²) >= 11 is 0. The first-order chi connectivity index (χ1) is 11.5. The number of aryl methyl sites for hydroxylation is 2. The van der Waals surface area contributed by atoms with Gasteiger partial charge in [0.25, 0.3) is 0 Å². The Hall–Kier alpha value is -2.70. The van der Waals surface area contributed by atoms with Crippen LogP contribution in [0, 0.1) is 13.8 Å². The van der Waals surface area contributed by atoms with Crippen LogP contribution >= 0.6 is 0 Å². The van der Waals surface area contributed by atoms with Gasteiger partial charge in [-0.1, -0.05) is 11.2 Å². The number of hydrogen-bond acceptors (Lipinski definition) is 5. The molecule has 7 heteroatoms. The van der Waals surface area contributed by atoms with Crippen molar-refractivity contribution >= 4 is 17.5 Å². The fourth-order valence-electron chi connectivity index (χ4n) is 2.77. The summed E-state index contributed by atoms with van der Waals surface area (Å²) in [6.45, 7) is 4.68. The molecule has 0 radical (unpaired) electrons. The topological polar surface area (TPSA) is 88.3 Å². The van der Waals surface area contributed by atoms with Crippen LogP contribution in [0.15, 0.2) is 22.7 Å². The molecule has 2 aromatic rings. The lowest BCUT2D eigenvalue weighted by Crippen LogP contribution is -2.26. The smallest absolute Gasteiger partial charge is 0.239 e. The maximum absolute atomic E-state index is 12.7. The van der Waals surface area contributed by atoms with Crippen LogP contribution < -0.4 is 10.2 Å². The minimum absolute atomic E-state index is 0.0434. The number of amides is 2. The number of likely N-dealkylation sites (N-methyl/N-ethyl adjacent to an activating group) is 1. The number of carbonyl (C=O) groups is 2. The summed E-state index contributed by atoms with van der Waals surface area (Å²) < 4.78 is 5.20. The van der Waals surface area contributed by atoms with Crippen molar-refractivity contribution in [2.75, 3.05) is 18.5 Å². The van der Waals surface area contributed by atoms with Crippen LogP contribution in [-0.2, 0) is 16.0 Å². The molecule has 24 heavy (non-hydrogen) atoms. The second-order valence-corrected chi connectivity index (χ2v) is 6.00. The number of anilines is 1. The van der Waals surface area contributed by atoms with Crippen LogP contribution in [0.2, 0.25) is 0 Å². The molecule has 2 amide bonds. The van der Waals surface area contributed by atoms with E-state index >= 15 is 0 Å². The number of aromatic nitrogens is 2. The lowest BCUT2D eigenvalue weighted by molar-refractivity contribution is -0.120. The van der Waals surface area contributed by atoms with Gasteiger partial charge in [-0.15, -0.1) is 0 Å². The predicted octanol–water partition coefficient (Wildman–Crippen LogP) is 1.50. The van der Waals surface area contributed by atoms with E-state index < -0.39 is 5.92 Å². The van der Waals surface area contributed by atoms with Crippen molar-refractivity contribution in [3.63, 3.8) is 0 Å². The van der Waals surface area contributed by atoms with Gasteiger partial charge in [-0.3, -0.25) is 9.59 Å². The van der Waals surface area contributed by atoms with Crippen LogP contribution in [0.4, 0.5) is 5.69 Å². The highest BCUT2D eigenvalue weighted by atomic mass is 16.5. The molecular weight excluding hydrogens is 308 g/mol. The Morgan fingerprint density at radius 2 is 2.17 bits per heavy atom. The number of hydrogen-bond donors (Lipinski definition) is 1. The normalized spacial score (nSPS) is 17.4. The molecule has 0 spiro atoms. The van der Waals surface area contributed by atoms with Crippen LogP contribution in [0.25, 0.3) is 0 Å². The number of rotatable bonds is 4. The standard InChI is InChI=1S/C17H20N4O3/c1-10-4-5-12(8-11(10)2)21-7-6-13(17(21)23)16-19-14(20-24-16)9-15(22)18-3/h4-5,8,13H,6-7,9H2,1-3H3,(H,18,22). The molecule has 0 saturated carbocycles. The van der Waals surface area contributed by atoms with Crippen molar-refractivity contribution in [3.8, 4) is 0 Å². The van der Waals surface area contributed by atoms with E-state index in [4.69, 9.17) is 4.52 Å². The summed E-state index contributed by atoms with van der Waals surface area (Å²) in [5.74, 6) is -0.116. The first-order valence-corrected chi connectivity index (χ1v) is 7.91. The van der Waals surface area contributed by atoms with E-state index in [2.05, 4.69) is 15.5 Å². The summed E-state index contributed by atoms with van der Waals surface area (Å²) in [6, 6.07) is 5.98. The van der Waals surface area contributed by atoms with E-state index in [1.54, 1.807) is 11.9 Å². The largest absolute Gasteiger partial charge is 0.359 e. The highest BCUT2D eigenvalue weighted by Crippen LogP contribution is 2.32. The molecule has 2 heterocycles. The molecule has 3 rings (SSSR count). The van der Waals surface area contributed by atoms with Gasteiger partial charge in [-0.25, -0.2) is 0 Å². The van der Waals surface area contributed by atoms with Gasteiger partial charge in [0.05, 0.1) is 6.42 Å². The maximum Gasteiger partial charge on any atom is 0.239 e. The van der Waals surface area contributed by atoms with Crippen molar-refractivity contribution < 1.29 is 14.1 Å². The number of benzene rings is 1. The van der Waals surface area contributed by atoms with Gasteiger partial charge in [0.2, 0.25) is 17.7 Å². The van der Waals surface area contributed by atoms with Gasteiger partial charge in [-0.2, -0.15) is 4.98 Å². The molecule has 1 saturated heterocycles. The average Bonchev–Trinajstić information content (AvgIpc) is 3.16. The molecular formula is C17H20N4O3. The Balaban J connectivity index is 1.76. The highest BCUT2D eigenvalue weighted by molar-refractivity contribution is 5.99. The molecule has 7 nitrogen and oxygen atoms in total. The predicted molar refractivity (Wildman–Crippen MR) is 87.7 cm³/mol. The summed E-state index contributed by atoms with van der Waals surface area (Å²) in [4.78, 5) is 30.0. The molecule has 1 aromatic carbocycles. The zero-order valence-electron chi connectivity index (χ0n) is 14.0. The first-order valence-electron chi connectivity index (χ1n) is 7.91. The molecule has 1 unspecified atom stereocenters. The van der Waals surface area contributed by atoms with Crippen molar-refractivity contribution in [1.82, 2.24) is 15.5 Å². The summed E-state index contributed by atoms with van der Waals surface area (Å²) in [5, 5.41) is 6.29. The second-order valence-electron chi connectivity index (χ2n) is 6.00. The Kier molecular flexibility index (Phi) is 4.33. The van der Waals surface area contributed by atoms with Crippen LogP contribution in [0.1, 0.15) is 35.2 Å². The fraction of sp³-hybridized carbons (Fsp3) is 0.412. The third-order valence-corrected chi connectivity index (χ3v) is 4.39. The minimum Gasteiger partial charge on any atom is -0.359 e. The van der Waals surface area contributed by atoms with E-state index in [1.165, 1.54) is 5.56 Å². The highest BCUT2D eigenvalue weighted by Gasteiger charge is 2.37. The van der Waals surface area contributed by atoms with Crippen molar-refractivity contribution in [2.45, 2.75) is 32.6 Å². The van der Waals surface area contributed by atoms with Crippen LogP contribution in [0.3, 0.4) is 0 Å². The Morgan fingerprint density at radius 3 is 2.88 bits per heavy atom. The molecule has 1 aliphatic rings. The van der Waals surface area contributed by atoms with Crippen molar-refractivity contribution in [1.29, 1.82) is 0 Å². The number of nitrogens with zero attached hydrogens (tertiary/aromatic N) is 3. The van der Waals surface area contributed by atoms with Crippen LogP contribution in [0.5, 0.6) is 0 Å². The second kappa shape index (κ2) is 6.43. The molecule has 1 atom stereocenters. The Morgan fingerprint density at radius 1 is 1.38 bits per heavy atom. The van der Waals surface area contributed by atoms with Gasteiger partial charge < -0.3 is 14.7 Å². The summed E-state index contributed by atoms with van der Waals surface area (Å²) in [6.07, 6.45) is 0.662. The van der Waals surface area contributed by atoms with E-state index in [0.29, 0.717) is 18.8 Å². The minimum atomic E-state index is -0.447. The molecule has 0 aliphatic carbocycles. The quantitative estimate of drug-likeness (QED) is 0.919. The van der Waals surface area contributed by atoms with Crippen molar-refractivity contribution in [3.05, 3.63) is 41.0 Å². The van der Waals surface area contributed by atoms with Gasteiger partial charge in [0.15, 0.2) is 5.82 Å². The van der Waals surface area contributed by atoms with E-state index in [9.17, 15) is 9.59 Å². The third kappa shape index (κ3) is 3.02. The average molecular weight is 328 g/mol.